The van der Waals surface area contributed by atoms with E-state index in [2.05, 4.69) is 21.9 Å². The number of aromatic nitrogens is 1. The minimum atomic E-state index is -0.474. The van der Waals surface area contributed by atoms with Crippen LogP contribution in [0.1, 0.15) is 28.6 Å². The molecular formula is C28H28ClN3O3. The number of anilines is 1. The number of halogens is 1. The lowest BCUT2D eigenvalue weighted by atomic mass is 9.95. The number of para-hydroxylation sites is 1. The second kappa shape index (κ2) is 10.0. The number of hydrogen-bond acceptors (Lipinski definition) is 5. The zero-order chi connectivity index (χ0) is 24.4. The maximum Gasteiger partial charge on any atom is 0.260 e. The van der Waals surface area contributed by atoms with Crippen molar-refractivity contribution < 1.29 is 9.52 Å². The molecule has 2 aromatic heterocycles. The molecule has 0 bridgehead atoms. The van der Waals surface area contributed by atoms with Crippen LogP contribution in [0.3, 0.4) is 0 Å². The molecule has 0 radical (unpaired) electrons. The third-order valence-electron chi connectivity index (χ3n) is 6.69. The highest BCUT2D eigenvalue weighted by Crippen LogP contribution is 2.37. The molecule has 2 aromatic carbocycles. The molecule has 1 saturated heterocycles. The lowest BCUT2D eigenvalue weighted by Crippen LogP contribution is -2.49. The maximum absolute atomic E-state index is 13.9. The molecule has 1 atom stereocenters. The monoisotopic (exact) mass is 489 g/mol. The summed E-state index contributed by atoms with van der Waals surface area (Å²) in [5.74, 6) is 0.663. The van der Waals surface area contributed by atoms with Crippen molar-refractivity contribution in [3.05, 3.63) is 117 Å². The third kappa shape index (κ3) is 4.72. The highest BCUT2D eigenvalue weighted by Gasteiger charge is 2.32. The quantitative estimate of drug-likeness (QED) is 0.410. The van der Waals surface area contributed by atoms with E-state index < -0.39 is 6.04 Å². The van der Waals surface area contributed by atoms with Crippen LogP contribution < -0.4 is 10.5 Å². The fraction of sp³-hybridized carbons (Fsp3) is 0.250. The number of pyridine rings is 1. The Bertz CT molecular complexity index is 1340. The predicted octanol–water partition coefficient (Wildman–Crippen LogP) is 5.07. The van der Waals surface area contributed by atoms with Gasteiger partial charge in [-0.3, -0.25) is 9.69 Å². The fourth-order valence-electron chi connectivity index (χ4n) is 4.89. The van der Waals surface area contributed by atoms with Crippen LogP contribution in [0.5, 0.6) is 5.75 Å². The summed E-state index contributed by atoms with van der Waals surface area (Å²) < 4.78 is 7.14. The number of nitrogens with zero attached hydrogens (tertiary/aromatic N) is 3. The Hall–Kier alpha value is -3.48. The predicted molar refractivity (Wildman–Crippen MR) is 138 cm³/mol. The lowest BCUT2D eigenvalue weighted by Gasteiger charge is -2.40. The first-order chi connectivity index (χ1) is 17.0. The molecule has 6 nitrogen and oxygen atoms in total. The third-order valence-corrected chi connectivity index (χ3v) is 7.04. The van der Waals surface area contributed by atoms with Crippen LogP contribution in [0.25, 0.3) is 0 Å². The van der Waals surface area contributed by atoms with Gasteiger partial charge in [-0.1, -0.05) is 48.0 Å². The molecule has 1 aliphatic heterocycles. The summed E-state index contributed by atoms with van der Waals surface area (Å²) in [4.78, 5) is 18.4. The first-order valence-corrected chi connectivity index (χ1v) is 12.1. The number of rotatable bonds is 6. The molecule has 0 saturated carbocycles. The first kappa shape index (κ1) is 23.3. The van der Waals surface area contributed by atoms with E-state index in [9.17, 15) is 9.90 Å². The summed E-state index contributed by atoms with van der Waals surface area (Å²) in [5.41, 5.74) is 2.75. The van der Waals surface area contributed by atoms with Crippen LogP contribution in [0.2, 0.25) is 5.02 Å². The molecule has 3 heterocycles. The molecule has 0 amide bonds. The molecule has 0 aliphatic carbocycles. The Labute approximate surface area is 209 Å². The largest absolute Gasteiger partial charge is 0.507 e. The number of hydrogen-bond donors (Lipinski definition) is 1. The number of piperazine rings is 1. The molecule has 4 aromatic rings. The van der Waals surface area contributed by atoms with Gasteiger partial charge in [0.25, 0.3) is 5.56 Å². The van der Waals surface area contributed by atoms with Crippen molar-refractivity contribution in [1.82, 2.24) is 9.47 Å². The first-order valence-electron chi connectivity index (χ1n) is 11.8. The summed E-state index contributed by atoms with van der Waals surface area (Å²) in [6, 6.07) is 22.7. The smallest absolute Gasteiger partial charge is 0.260 e. The number of benzene rings is 2. The average molecular weight is 490 g/mol. The van der Waals surface area contributed by atoms with Gasteiger partial charge in [0.1, 0.15) is 11.5 Å². The summed E-state index contributed by atoms with van der Waals surface area (Å²) in [7, 11) is 0. The standard InChI is InChI=1S/C28H28ClN3O3/c1-20-18-25(33)26(28(34)32(20)19-22-10-7-17-35-22)27(23-11-5-6-12-24(23)29)31-15-13-30(14-16-31)21-8-3-2-4-9-21/h2-12,17-18,27,33H,13-16,19H2,1H3/t27-/m0/s1. The van der Waals surface area contributed by atoms with Crippen molar-refractivity contribution in [1.29, 1.82) is 0 Å². The van der Waals surface area contributed by atoms with Gasteiger partial charge in [-0.2, -0.15) is 0 Å². The van der Waals surface area contributed by atoms with Crippen LogP contribution in [0.4, 0.5) is 5.69 Å². The van der Waals surface area contributed by atoms with Crippen LogP contribution in [0, 0.1) is 6.92 Å². The van der Waals surface area contributed by atoms with Crippen LogP contribution in [-0.2, 0) is 6.54 Å². The Balaban J connectivity index is 1.55. The molecule has 0 unspecified atom stereocenters. The molecule has 1 fully saturated rings. The van der Waals surface area contributed by atoms with Crippen molar-refractivity contribution in [2.24, 2.45) is 0 Å². The summed E-state index contributed by atoms with van der Waals surface area (Å²) >= 11 is 6.66. The van der Waals surface area contributed by atoms with Crippen molar-refractivity contribution in [3.8, 4) is 5.75 Å². The van der Waals surface area contributed by atoms with Gasteiger partial charge in [0, 0.05) is 42.6 Å². The topological polar surface area (TPSA) is 61.9 Å². The normalized spacial score (nSPS) is 15.3. The number of furan rings is 1. The highest BCUT2D eigenvalue weighted by atomic mass is 35.5. The SMILES string of the molecule is Cc1cc(O)c([C@H](c2ccccc2Cl)N2CCN(c3ccccc3)CC2)c(=O)n1Cc1ccco1. The molecule has 5 rings (SSSR count). The van der Waals surface area contributed by atoms with E-state index in [0.29, 0.717) is 28.6 Å². The zero-order valence-electron chi connectivity index (χ0n) is 19.6. The highest BCUT2D eigenvalue weighted by molar-refractivity contribution is 6.31. The number of aromatic hydroxyl groups is 1. The van der Waals surface area contributed by atoms with Gasteiger partial charge in [0.05, 0.1) is 24.4 Å². The van der Waals surface area contributed by atoms with E-state index in [4.69, 9.17) is 16.0 Å². The van der Waals surface area contributed by atoms with Gasteiger partial charge in [-0.15, -0.1) is 0 Å². The fourth-order valence-corrected chi connectivity index (χ4v) is 5.13. The van der Waals surface area contributed by atoms with Gasteiger partial charge in [0.2, 0.25) is 0 Å². The minimum Gasteiger partial charge on any atom is -0.507 e. The van der Waals surface area contributed by atoms with E-state index in [1.165, 1.54) is 5.69 Å². The van der Waals surface area contributed by atoms with E-state index in [-0.39, 0.29) is 11.3 Å². The molecule has 1 N–H and O–H groups in total. The van der Waals surface area contributed by atoms with Gasteiger partial charge < -0.3 is 19.0 Å². The minimum absolute atomic E-state index is 0.0152. The Kier molecular flexibility index (Phi) is 6.66. The molecule has 1 aliphatic rings. The molecular weight excluding hydrogens is 462 g/mol. The van der Waals surface area contributed by atoms with Gasteiger partial charge in [0.15, 0.2) is 0 Å². The Morgan fingerprint density at radius 3 is 2.37 bits per heavy atom. The maximum atomic E-state index is 13.9. The summed E-state index contributed by atoms with van der Waals surface area (Å²) in [6.45, 7) is 5.15. The van der Waals surface area contributed by atoms with Gasteiger partial charge in [-0.05, 0) is 48.9 Å². The van der Waals surface area contributed by atoms with E-state index in [1.54, 1.807) is 23.0 Å². The van der Waals surface area contributed by atoms with E-state index in [1.807, 2.05) is 55.5 Å². The second-order valence-corrected chi connectivity index (χ2v) is 9.25. The Morgan fingerprint density at radius 2 is 1.69 bits per heavy atom. The zero-order valence-corrected chi connectivity index (χ0v) is 20.4. The van der Waals surface area contributed by atoms with Crippen LogP contribution in [0.15, 0.2) is 88.3 Å². The number of aryl methyl sites for hydroxylation is 1. The van der Waals surface area contributed by atoms with Crippen LogP contribution in [-0.4, -0.2) is 40.8 Å². The Morgan fingerprint density at radius 1 is 0.971 bits per heavy atom. The second-order valence-electron chi connectivity index (χ2n) is 8.84. The van der Waals surface area contributed by atoms with Crippen molar-refractivity contribution in [3.63, 3.8) is 0 Å². The van der Waals surface area contributed by atoms with Crippen LogP contribution >= 0.6 is 11.6 Å². The van der Waals surface area contributed by atoms with E-state index >= 15 is 0 Å². The van der Waals surface area contributed by atoms with Crippen molar-refractivity contribution >= 4 is 17.3 Å². The van der Waals surface area contributed by atoms with Gasteiger partial charge in [-0.25, -0.2) is 0 Å². The van der Waals surface area contributed by atoms with Crippen molar-refractivity contribution in [2.45, 2.75) is 19.5 Å². The molecule has 7 heteroatoms. The van der Waals surface area contributed by atoms with E-state index in [0.717, 1.165) is 31.7 Å². The average Bonchev–Trinajstić information content (AvgIpc) is 3.39. The summed E-state index contributed by atoms with van der Waals surface area (Å²) in [5, 5.41) is 11.7. The molecule has 180 valence electrons. The van der Waals surface area contributed by atoms with Crippen molar-refractivity contribution in [2.75, 3.05) is 31.1 Å². The molecule has 35 heavy (non-hydrogen) atoms. The van der Waals surface area contributed by atoms with Gasteiger partial charge >= 0.3 is 0 Å². The summed E-state index contributed by atoms with van der Waals surface area (Å²) in [6.07, 6.45) is 1.59. The molecule has 0 spiro atoms. The lowest BCUT2D eigenvalue weighted by molar-refractivity contribution is 0.207.